The van der Waals surface area contributed by atoms with Crippen molar-refractivity contribution in [1.82, 2.24) is 14.8 Å². The fourth-order valence-electron chi connectivity index (χ4n) is 1.90. The van der Waals surface area contributed by atoms with E-state index in [4.69, 9.17) is 4.74 Å². The molecule has 1 amide bonds. The lowest BCUT2D eigenvalue weighted by Gasteiger charge is -2.07. The van der Waals surface area contributed by atoms with Crippen LogP contribution in [0.2, 0.25) is 0 Å². The van der Waals surface area contributed by atoms with Gasteiger partial charge < -0.3 is 14.6 Å². The summed E-state index contributed by atoms with van der Waals surface area (Å²) in [6.45, 7) is 3.34. The maximum absolute atomic E-state index is 12.0. The van der Waals surface area contributed by atoms with E-state index >= 15 is 0 Å². The molecule has 0 saturated carbocycles. The minimum atomic E-state index is -0.0560. The van der Waals surface area contributed by atoms with Crippen molar-refractivity contribution in [2.24, 2.45) is 0 Å². The van der Waals surface area contributed by atoms with Crippen molar-refractivity contribution in [2.45, 2.75) is 25.0 Å². The highest BCUT2D eigenvalue weighted by atomic mass is 32.2. The first-order valence-corrected chi connectivity index (χ1v) is 8.09. The second-order valence-electron chi connectivity index (χ2n) is 4.69. The van der Waals surface area contributed by atoms with Gasteiger partial charge in [0.05, 0.1) is 12.4 Å². The molecule has 0 aliphatic heterocycles. The van der Waals surface area contributed by atoms with Crippen LogP contribution in [0.1, 0.15) is 12.5 Å². The van der Waals surface area contributed by atoms with E-state index in [9.17, 15) is 4.79 Å². The fraction of sp³-hybridized carbons (Fsp3) is 0.400. The highest BCUT2D eigenvalue weighted by Crippen LogP contribution is 2.16. The normalized spacial score (nSPS) is 10.6. The van der Waals surface area contributed by atoms with Gasteiger partial charge in [-0.25, -0.2) is 0 Å². The number of rotatable bonds is 8. The summed E-state index contributed by atoms with van der Waals surface area (Å²) in [5.74, 6) is 0.238. The zero-order chi connectivity index (χ0) is 15.8. The van der Waals surface area contributed by atoms with Gasteiger partial charge in [-0.05, 0) is 24.1 Å². The summed E-state index contributed by atoms with van der Waals surface area (Å²) in [7, 11) is 1.65. The Hall–Kier alpha value is -1.86. The summed E-state index contributed by atoms with van der Waals surface area (Å²) in [5.41, 5.74) is 2.02. The van der Waals surface area contributed by atoms with E-state index in [-0.39, 0.29) is 5.91 Å². The molecule has 0 fully saturated rings. The quantitative estimate of drug-likeness (QED) is 0.755. The van der Waals surface area contributed by atoms with Crippen LogP contribution in [0.4, 0.5) is 5.69 Å². The maximum atomic E-state index is 12.0. The third kappa shape index (κ3) is 4.85. The molecule has 2 aromatic rings. The molecule has 118 valence electrons. The Labute approximate surface area is 134 Å². The Kier molecular flexibility index (Phi) is 6.42. The minimum absolute atomic E-state index is 0.0560. The van der Waals surface area contributed by atoms with Crippen LogP contribution in [0.15, 0.2) is 35.7 Å². The number of amides is 1. The third-order valence-electron chi connectivity index (χ3n) is 3.07. The molecule has 6 nitrogen and oxygen atoms in total. The molecular formula is C15H20N4O2S. The van der Waals surface area contributed by atoms with Crippen LogP contribution >= 0.6 is 11.8 Å². The van der Waals surface area contributed by atoms with Crippen molar-refractivity contribution in [3.05, 3.63) is 36.2 Å². The average Bonchev–Trinajstić information content (AvgIpc) is 2.98. The van der Waals surface area contributed by atoms with Gasteiger partial charge in [0.2, 0.25) is 5.91 Å². The Morgan fingerprint density at radius 2 is 2.32 bits per heavy atom. The first kappa shape index (κ1) is 16.5. The molecule has 0 bridgehead atoms. The smallest absolute Gasteiger partial charge is 0.234 e. The van der Waals surface area contributed by atoms with Crippen molar-refractivity contribution in [3.63, 3.8) is 0 Å². The van der Waals surface area contributed by atoms with Gasteiger partial charge in [-0.1, -0.05) is 30.8 Å². The zero-order valence-corrected chi connectivity index (χ0v) is 13.6. The summed E-state index contributed by atoms with van der Waals surface area (Å²) in [6, 6.07) is 7.87. The second kappa shape index (κ2) is 8.55. The van der Waals surface area contributed by atoms with Gasteiger partial charge in [0.1, 0.15) is 6.33 Å². The summed E-state index contributed by atoms with van der Waals surface area (Å²) < 4.78 is 6.91. The number of hydrogen-bond donors (Lipinski definition) is 1. The lowest BCUT2D eigenvalue weighted by atomic mass is 10.1. The van der Waals surface area contributed by atoms with Gasteiger partial charge in [0.15, 0.2) is 5.16 Å². The predicted molar refractivity (Wildman–Crippen MR) is 87.1 cm³/mol. The molecule has 1 aromatic heterocycles. The summed E-state index contributed by atoms with van der Waals surface area (Å²) in [5, 5.41) is 11.5. The monoisotopic (exact) mass is 320 g/mol. The molecule has 0 unspecified atom stereocenters. The van der Waals surface area contributed by atoms with Crippen LogP contribution < -0.4 is 5.32 Å². The van der Waals surface area contributed by atoms with Crippen molar-refractivity contribution >= 4 is 23.4 Å². The molecule has 1 heterocycles. The number of nitrogens with one attached hydrogen (secondary N) is 1. The lowest BCUT2D eigenvalue weighted by Crippen LogP contribution is -2.15. The fourth-order valence-corrected chi connectivity index (χ4v) is 2.64. The maximum Gasteiger partial charge on any atom is 0.234 e. The van der Waals surface area contributed by atoms with Gasteiger partial charge in [-0.2, -0.15) is 0 Å². The van der Waals surface area contributed by atoms with Crippen LogP contribution in [-0.2, 0) is 22.5 Å². The molecule has 0 aliphatic carbocycles. The number of carbonyl (C=O) groups is 1. The predicted octanol–water partition coefficient (Wildman–Crippen LogP) is 2.22. The number of benzene rings is 1. The third-order valence-corrected chi connectivity index (χ3v) is 4.05. The van der Waals surface area contributed by atoms with E-state index < -0.39 is 0 Å². The zero-order valence-electron chi connectivity index (χ0n) is 12.8. The number of aromatic nitrogens is 3. The van der Waals surface area contributed by atoms with E-state index in [0.29, 0.717) is 18.9 Å². The van der Waals surface area contributed by atoms with Crippen molar-refractivity contribution in [3.8, 4) is 0 Å². The molecule has 0 atom stereocenters. The van der Waals surface area contributed by atoms with Crippen LogP contribution in [0.5, 0.6) is 0 Å². The highest BCUT2D eigenvalue weighted by molar-refractivity contribution is 7.99. The van der Waals surface area contributed by atoms with Gasteiger partial charge in [0.25, 0.3) is 0 Å². The molecule has 22 heavy (non-hydrogen) atoms. The Bertz CT molecular complexity index is 615. The molecule has 2 rings (SSSR count). The van der Waals surface area contributed by atoms with Gasteiger partial charge in [-0.15, -0.1) is 10.2 Å². The molecule has 0 spiro atoms. The first-order valence-electron chi connectivity index (χ1n) is 7.11. The van der Waals surface area contributed by atoms with E-state index in [1.54, 1.807) is 13.4 Å². The first-order chi connectivity index (χ1) is 10.7. The molecular weight excluding hydrogens is 300 g/mol. The summed E-state index contributed by atoms with van der Waals surface area (Å²) >= 11 is 1.36. The number of aryl methyl sites for hydroxylation is 1. The molecule has 1 N–H and O–H groups in total. The van der Waals surface area contributed by atoms with Gasteiger partial charge in [0, 0.05) is 19.3 Å². The molecule has 1 aromatic carbocycles. The summed E-state index contributed by atoms with van der Waals surface area (Å²) in [6.07, 6.45) is 2.59. The Morgan fingerprint density at radius 1 is 1.45 bits per heavy atom. The van der Waals surface area contributed by atoms with Crippen molar-refractivity contribution in [1.29, 1.82) is 0 Å². The number of ether oxygens (including phenoxy) is 1. The second-order valence-corrected chi connectivity index (χ2v) is 5.63. The number of methoxy groups -OCH3 is 1. The SMILES string of the molecule is CCc1cccc(NC(=O)CSc2nncn2CCOC)c1. The topological polar surface area (TPSA) is 69.0 Å². The van der Waals surface area contributed by atoms with Crippen LogP contribution in [0.3, 0.4) is 0 Å². The molecule has 7 heteroatoms. The number of nitrogens with zero attached hydrogens (tertiary/aromatic N) is 3. The van der Waals surface area contributed by atoms with Gasteiger partial charge >= 0.3 is 0 Å². The van der Waals surface area contributed by atoms with Crippen molar-refractivity contribution in [2.75, 3.05) is 24.8 Å². The largest absolute Gasteiger partial charge is 0.383 e. The average molecular weight is 320 g/mol. The molecule has 0 saturated heterocycles. The minimum Gasteiger partial charge on any atom is -0.383 e. The van der Waals surface area contributed by atoms with Gasteiger partial charge in [-0.3, -0.25) is 4.79 Å². The van der Waals surface area contributed by atoms with E-state index in [2.05, 4.69) is 22.4 Å². The van der Waals surface area contributed by atoms with Crippen molar-refractivity contribution < 1.29 is 9.53 Å². The number of carbonyl (C=O) groups excluding carboxylic acids is 1. The van der Waals surface area contributed by atoms with Crippen LogP contribution in [-0.4, -0.2) is 40.1 Å². The van der Waals surface area contributed by atoms with Crippen LogP contribution in [0, 0.1) is 0 Å². The van der Waals surface area contributed by atoms with E-state index in [1.165, 1.54) is 17.3 Å². The highest BCUT2D eigenvalue weighted by Gasteiger charge is 2.09. The molecule has 0 radical (unpaired) electrons. The van der Waals surface area contributed by atoms with Crippen LogP contribution in [0.25, 0.3) is 0 Å². The Balaban J connectivity index is 1.86. The standard InChI is InChI=1S/C15H20N4O2S/c1-3-12-5-4-6-13(9-12)17-14(20)10-22-15-18-16-11-19(15)7-8-21-2/h4-6,9,11H,3,7-8,10H2,1-2H3,(H,17,20). The van der Waals surface area contributed by atoms with E-state index in [0.717, 1.165) is 17.3 Å². The molecule has 0 aliphatic rings. The number of anilines is 1. The number of hydrogen-bond acceptors (Lipinski definition) is 5. The number of thioether (sulfide) groups is 1. The summed E-state index contributed by atoms with van der Waals surface area (Å²) in [4.78, 5) is 12.0. The Morgan fingerprint density at radius 3 is 3.09 bits per heavy atom. The lowest BCUT2D eigenvalue weighted by molar-refractivity contribution is -0.113. The van der Waals surface area contributed by atoms with E-state index in [1.807, 2.05) is 28.8 Å².